The van der Waals surface area contributed by atoms with Crippen molar-refractivity contribution in [2.24, 2.45) is 5.73 Å². The predicted molar refractivity (Wildman–Crippen MR) is 29.8 cm³/mol. The Labute approximate surface area is 52.3 Å². The SMILES string of the molecule is N[C@H](C(=O)O)C1(O)CC1. The molecule has 4 heteroatoms. The van der Waals surface area contributed by atoms with Gasteiger partial charge in [0.2, 0.25) is 0 Å². The fourth-order valence-electron chi connectivity index (χ4n) is 0.669. The number of carbonyl (C=O) groups is 1. The lowest BCUT2D eigenvalue weighted by atomic mass is 10.1. The monoisotopic (exact) mass is 131 g/mol. The normalized spacial score (nSPS) is 25.1. The van der Waals surface area contributed by atoms with Gasteiger partial charge >= 0.3 is 5.97 Å². The van der Waals surface area contributed by atoms with Gasteiger partial charge in [-0.1, -0.05) is 0 Å². The summed E-state index contributed by atoms with van der Waals surface area (Å²) in [7, 11) is 0. The summed E-state index contributed by atoms with van der Waals surface area (Å²) in [6.45, 7) is 0. The van der Waals surface area contributed by atoms with Crippen LogP contribution in [0, 0.1) is 0 Å². The molecule has 0 radical (unpaired) electrons. The minimum atomic E-state index is -1.13. The van der Waals surface area contributed by atoms with Gasteiger partial charge in [0, 0.05) is 0 Å². The fraction of sp³-hybridized carbons (Fsp3) is 0.800. The quantitative estimate of drug-likeness (QED) is 0.445. The van der Waals surface area contributed by atoms with E-state index in [9.17, 15) is 4.79 Å². The average molecular weight is 131 g/mol. The Kier molecular flexibility index (Phi) is 1.22. The molecule has 1 aliphatic carbocycles. The van der Waals surface area contributed by atoms with E-state index < -0.39 is 17.6 Å². The molecule has 0 amide bonds. The number of hydrogen-bond acceptors (Lipinski definition) is 3. The van der Waals surface area contributed by atoms with Crippen molar-refractivity contribution in [3.05, 3.63) is 0 Å². The number of nitrogens with two attached hydrogens (primary N) is 1. The van der Waals surface area contributed by atoms with Gasteiger partial charge in [-0.15, -0.1) is 0 Å². The van der Waals surface area contributed by atoms with Gasteiger partial charge < -0.3 is 15.9 Å². The van der Waals surface area contributed by atoms with Crippen LogP contribution in [0.15, 0.2) is 0 Å². The maximum atomic E-state index is 10.1. The highest BCUT2D eigenvalue weighted by molar-refractivity contribution is 5.75. The van der Waals surface area contributed by atoms with E-state index in [1.54, 1.807) is 0 Å². The number of aliphatic hydroxyl groups is 1. The summed E-state index contributed by atoms with van der Waals surface area (Å²) in [5.41, 5.74) is 4.02. The lowest BCUT2D eigenvalue weighted by Gasteiger charge is -2.11. The highest BCUT2D eigenvalue weighted by atomic mass is 16.4. The molecular weight excluding hydrogens is 122 g/mol. The largest absolute Gasteiger partial charge is 0.480 e. The number of carboxylic acid groups (broad SMARTS) is 1. The molecule has 0 bridgehead atoms. The van der Waals surface area contributed by atoms with Crippen LogP contribution in [0.3, 0.4) is 0 Å². The third kappa shape index (κ3) is 1.04. The molecule has 0 unspecified atom stereocenters. The molecule has 1 saturated carbocycles. The topological polar surface area (TPSA) is 83.6 Å². The number of carboxylic acids is 1. The summed E-state index contributed by atoms with van der Waals surface area (Å²) < 4.78 is 0. The first-order chi connectivity index (χ1) is 4.06. The summed E-state index contributed by atoms with van der Waals surface area (Å²) in [5.74, 6) is -1.13. The molecule has 0 saturated heterocycles. The van der Waals surface area contributed by atoms with Gasteiger partial charge in [-0.05, 0) is 12.8 Å². The second kappa shape index (κ2) is 1.68. The first-order valence-electron chi connectivity index (χ1n) is 2.77. The van der Waals surface area contributed by atoms with E-state index in [1.165, 1.54) is 0 Å². The molecule has 1 atom stereocenters. The predicted octanol–water partition coefficient (Wildman–Crippen LogP) is -1.08. The summed E-state index contributed by atoms with van der Waals surface area (Å²) >= 11 is 0. The Morgan fingerprint density at radius 1 is 1.67 bits per heavy atom. The van der Waals surface area contributed by atoms with Gasteiger partial charge in [0.15, 0.2) is 0 Å². The van der Waals surface area contributed by atoms with Crippen LogP contribution in [0.1, 0.15) is 12.8 Å². The first-order valence-corrected chi connectivity index (χ1v) is 2.77. The van der Waals surface area contributed by atoms with Crippen molar-refractivity contribution in [1.29, 1.82) is 0 Å². The Hall–Kier alpha value is -0.610. The summed E-state index contributed by atoms with van der Waals surface area (Å²) in [5, 5.41) is 17.3. The minimum Gasteiger partial charge on any atom is -0.480 e. The smallest absolute Gasteiger partial charge is 0.323 e. The molecule has 9 heavy (non-hydrogen) atoms. The maximum Gasteiger partial charge on any atom is 0.323 e. The van der Waals surface area contributed by atoms with Crippen LogP contribution >= 0.6 is 0 Å². The Balaban J connectivity index is 2.52. The lowest BCUT2D eigenvalue weighted by Crippen LogP contribution is -2.43. The van der Waals surface area contributed by atoms with Gasteiger partial charge in [-0.2, -0.15) is 0 Å². The van der Waals surface area contributed by atoms with E-state index in [4.69, 9.17) is 15.9 Å². The van der Waals surface area contributed by atoms with Gasteiger partial charge in [0.1, 0.15) is 6.04 Å². The molecule has 0 aromatic heterocycles. The molecule has 52 valence electrons. The number of rotatable bonds is 2. The summed E-state index contributed by atoms with van der Waals surface area (Å²) in [6.07, 6.45) is 1.03. The molecule has 0 aliphatic heterocycles. The van der Waals surface area contributed by atoms with Crippen LogP contribution in [0.4, 0.5) is 0 Å². The molecule has 0 heterocycles. The fourth-order valence-corrected chi connectivity index (χ4v) is 0.669. The van der Waals surface area contributed by atoms with E-state index in [2.05, 4.69) is 0 Å². The Morgan fingerprint density at radius 2 is 2.11 bits per heavy atom. The molecule has 0 aromatic carbocycles. The average Bonchev–Trinajstić information content (AvgIpc) is 2.47. The van der Waals surface area contributed by atoms with Crippen LogP contribution in [-0.4, -0.2) is 27.8 Å². The van der Waals surface area contributed by atoms with Crippen LogP contribution in [-0.2, 0) is 4.79 Å². The number of hydrogen-bond donors (Lipinski definition) is 3. The zero-order chi connectivity index (χ0) is 7.07. The molecule has 1 fully saturated rings. The summed E-state index contributed by atoms with van der Waals surface area (Å²) in [6, 6.07) is -1.10. The van der Waals surface area contributed by atoms with Gasteiger partial charge in [0.25, 0.3) is 0 Å². The van der Waals surface area contributed by atoms with Crippen molar-refractivity contribution in [2.45, 2.75) is 24.5 Å². The van der Waals surface area contributed by atoms with E-state index in [0.717, 1.165) is 0 Å². The van der Waals surface area contributed by atoms with E-state index in [0.29, 0.717) is 12.8 Å². The van der Waals surface area contributed by atoms with Crippen molar-refractivity contribution < 1.29 is 15.0 Å². The van der Waals surface area contributed by atoms with Gasteiger partial charge in [-0.3, -0.25) is 4.79 Å². The zero-order valence-electron chi connectivity index (χ0n) is 4.87. The number of aliphatic carboxylic acids is 1. The molecule has 4 nitrogen and oxygen atoms in total. The highest BCUT2D eigenvalue weighted by Crippen LogP contribution is 2.37. The van der Waals surface area contributed by atoms with Crippen molar-refractivity contribution in [2.75, 3.05) is 0 Å². The molecule has 1 aliphatic rings. The Morgan fingerprint density at radius 3 is 2.22 bits per heavy atom. The van der Waals surface area contributed by atoms with Crippen LogP contribution in [0.25, 0.3) is 0 Å². The van der Waals surface area contributed by atoms with Crippen molar-refractivity contribution in [3.63, 3.8) is 0 Å². The van der Waals surface area contributed by atoms with E-state index in [-0.39, 0.29) is 0 Å². The molecule has 4 N–H and O–H groups in total. The van der Waals surface area contributed by atoms with Crippen LogP contribution < -0.4 is 5.73 Å². The molecule has 0 aromatic rings. The highest BCUT2D eigenvalue weighted by Gasteiger charge is 2.49. The standard InChI is InChI=1S/C5H9NO3/c6-3(4(7)8)5(9)1-2-5/h3,9H,1-2,6H2,(H,7,8)/t3-/m1/s1. The third-order valence-electron chi connectivity index (χ3n) is 1.61. The van der Waals surface area contributed by atoms with Crippen LogP contribution in [0.2, 0.25) is 0 Å². The van der Waals surface area contributed by atoms with Crippen molar-refractivity contribution >= 4 is 5.97 Å². The molecule has 0 spiro atoms. The molecular formula is C5H9NO3. The molecule has 1 rings (SSSR count). The second-order valence-electron chi connectivity index (χ2n) is 2.42. The third-order valence-corrected chi connectivity index (χ3v) is 1.61. The minimum absolute atomic E-state index is 0.514. The Bertz CT molecular complexity index is 141. The van der Waals surface area contributed by atoms with Crippen molar-refractivity contribution in [1.82, 2.24) is 0 Å². The second-order valence-corrected chi connectivity index (χ2v) is 2.42. The van der Waals surface area contributed by atoms with Crippen molar-refractivity contribution in [3.8, 4) is 0 Å². The maximum absolute atomic E-state index is 10.1. The van der Waals surface area contributed by atoms with Gasteiger partial charge in [-0.25, -0.2) is 0 Å². The van der Waals surface area contributed by atoms with Crippen LogP contribution in [0.5, 0.6) is 0 Å². The zero-order valence-corrected chi connectivity index (χ0v) is 4.87. The van der Waals surface area contributed by atoms with E-state index >= 15 is 0 Å². The van der Waals surface area contributed by atoms with Gasteiger partial charge in [0.05, 0.1) is 5.60 Å². The first kappa shape index (κ1) is 6.51. The summed E-state index contributed by atoms with van der Waals surface area (Å²) in [4.78, 5) is 10.1. The van der Waals surface area contributed by atoms with E-state index in [1.807, 2.05) is 0 Å². The lowest BCUT2D eigenvalue weighted by molar-refractivity contribution is -0.141.